The quantitative estimate of drug-likeness (QED) is 0.872. The smallest absolute Gasteiger partial charge is 0.242 e. The molecule has 4 nitrogen and oxygen atoms in total. The van der Waals surface area contributed by atoms with E-state index >= 15 is 0 Å². The summed E-state index contributed by atoms with van der Waals surface area (Å²) in [7, 11) is -0.339. The number of rotatable bonds is 6. The molecular weight excluding hydrogens is 282 g/mol. The van der Waals surface area contributed by atoms with E-state index in [4.69, 9.17) is 0 Å². The van der Waals surface area contributed by atoms with Crippen molar-refractivity contribution >= 4 is 21.8 Å². The van der Waals surface area contributed by atoms with Gasteiger partial charge in [0.1, 0.15) is 0 Å². The first-order valence-electron chi connectivity index (χ1n) is 6.06. The Balaban J connectivity index is 2.84. The summed E-state index contributed by atoms with van der Waals surface area (Å²) in [6, 6.07) is 6.94. The molecule has 19 heavy (non-hydrogen) atoms. The van der Waals surface area contributed by atoms with Gasteiger partial charge in [0, 0.05) is 25.1 Å². The van der Waals surface area contributed by atoms with Crippen molar-refractivity contribution in [1.82, 2.24) is 4.31 Å². The first-order valence-corrected chi connectivity index (χ1v) is 8.55. The van der Waals surface area contributed by atoms with Crippen molar-refractivity contribution < 1.29 is 13.5 Å². The molecule has 2 atom stereocenters. The van der Waals surface area contributed by atoms with Gasteiger partial charge in [0.2, 0.25) is 10.0 Å². The summed E-state index contributed by atoms with van der Waals surface area (Å²) in [5.74, 6) is 0.683. The zero-order valence-electron chi connectivity index (χ0n) is 11.7. The van der Waals surface area contributed by atoms with Crippen LogP contribution in [0.5, 0.6) is 0 Å². The van der Waals surface area contributed by atoms with Gasteiger partial charge in [-0.2, -0.15) is 11.8 Å². The molecule has 0 spiro atoms. The van der Waals surface area contributed by atoms with Crippen molar-refractivity contribution in [3.63, 3.8) is 0 Å². The fourth-order valence-corrected chi connectivity index (χ4v) is 3.26. The first-order chi connectivity index (χ1) is 8.75. The number of thioether (sulfide) groups is 1. The van der Waals surface area contributed by atoms with Gasteiger partial charge < -0.3 is 5.11 Å². The van der Waals surface area contributed by atoms with E-state index in [0.29, 0.717) is 10.6 Å². The Kier molecular flexibility index (Phi) is 5.85. The molecule has 108 valence electrons. The molecule has 0 radical (unpaired) electrons. The Morgan fingerprint density at radius 2 is 1.95 bits per heavy atom. The second kappa shape index (κ2) is 6.74. The SMILES string of the molecule is CC(O)C(C)SCc1cccc(S(=O)(=O)N(C)C)c1. The fourth-order valence-electron chi connectivity index (χ4n) is 1.37. The molecule has 1 aromatic carbocycles. The molecule has 1 aromatic rings. The number of benzene rings is 1. The Morgan fingerprint density at radius 3 is 2.47 bits per heavy atom. The number of nitrogens with zero attached hydrogens (tertiary/aromatic N) is 1. The van der Waals surface area contributed by atoms with E-state index in [1.807, 2.05) is 13.0 Å². The fraction of sp³-hybridized carbons (Fsp3) is 0.538. The minimum atomic E-state index is -3.38. The maximum Gasteiger partial charge on any atom is 0.242 e. The number of hydrogen-bond acceptors (Lipinski definition) is 4. The highest BCUT2D eigenvalue weighted by molar-refractivity contribution is 7.99. The zero-order chi connectivity index (χ0) is 14.6. The second-order valence-electron chi connectivity index (χ2n) is 4.69. The molecule has 0 heterocycles. The summed E-state index contributed by atoms with van der Waals surface area (Å²) in [5.41, 5.74) is 0.945. The van der Waals surface area contributed by atoms with Gasteiger partial charge in [-0.05, 0) is 24.6 Å². The molecule has 0 saturated heterocycles. The molecule has 1 rings (SSSR count). The summed E-state index contributed by atoms with van der Waals surface area (Å²) >= 11 is 1.61. The van der Waals surface area contributed by atoms with Gasteiger partial charge in [0.25, 0.3) is 0 Å². The van der Waals surface area contributed by atoms with Crippen molar-refractivity contribution in [3.8, 4) is 0 Å². The Labute approximate surface area is 119 Å². The topological polar surface area (TPSA) is 57.6 Å². The monoisotopic (exact) mass is 303 g/mol. The molecule has 0 saturated carbocycles. The highest BCUT2D eigenvalue weighted by Crippen LogP contribution is 2.22. The Bertz CT molecular complexity index is 512. The molecule has 2 unspecified atom stereocenters. The van der Waals surface area contributed by atoms with Gasteiger partial charge in [-0.15, -0.1) is 0 Å². The van der Waals surface area contributed by atoms with Crippen molar-refractivity contribution in [2.24, 2.45) is 0 Å². The molecular formula is C13H21NO3S2. The highest BCUT2D eigenvalue weighted by atomic mass is 32.2. The summed E-state index contributed by atoms with van der Waals surface area (Å²) in [5, 5.41) is 9.55. The van der Waals surface area contributed by atoms with Crippen LogP contribution in [0.2, 0.25) is 0 Å². The van der Waals surface area contributed by atoms with Crippen LogP contribution in [0.3, 0.4) is 0 Å². The third-order valence-electron chi connectivity index (χ3n) is 2.87. The van der Waals surface area contributed by atoms with Gasteiger partial charge >= 0.3 is 0 Å². The van der Waals surface area contributed by atoms with Gasteiger partial charge in [-0.3, -0.25) is 0 Å². The van der Waals surface area contributed by atoms with Crippen molar-refractivity contribution in [1.29, 1.82) is 0 Å². The molecule has 0 aliphatic rings. The van der Waals surface area contributed by atoms with E-state index in [-0.39, 0.29) is 11.4 Å². The first kappa shape index (κ1) is 16.5. The number of aliphatic hydroxyl groups is 1. The van der Waals surface area contributed by atoms with Gasteiger partial charge in [-0.1, -0.05) is 19.1 Å². The van der Waals surface area contributed by atoms with Crippen LogP contribution in [0, 0.1) is 0 Å². The van der Waals surface area contributed by atoms with E-state index in [9.17, 15) is 13.5 Å². The maximum atomic E-state index is 12.0. The molecule has 0 fully saturated rings. The lowest BCUT2D eigenvalue weighted by Crippen LogP contribution is -2.22. The molecule has 0 aliphatic carbocycles. The average molecular weight is 303 g/mol. The lowest BCUT2D eigenvalue weighted by molar-refractivity contribution is 0.196. The van der Waals surface area contributed by atoms with E-state index in [2.05, 4.69) is 0 Å². The molecule has 0 aliphatic heterocycles. The molecule has 0 aromatic heterocycles. The average Bonchev–Trinajstić information content (AvgIpc) is 2.35. The van der Waals surface area contributed by atoms with E-state index in [1.165, 1.54) is 18.4 Å². The molecule has 0 bridgehead atoms. The van der Waals surface area contributed by atoms with E-state index in [1.54, 1.807) is 36.9 Å². The largest absolute Gasteiger partial charge is 0.392 e. The number of aliphatic hydroxyl groups excluding tert-OH is 1. The van der Waals surface area contributed by atoms with Crippen LogP contribution < -0.4 is 0 Å². The van der Waals surface area contributed by atoms with Crippen molar-refractivity contribution in [3.05, 3.63) is 29.8 Å². The van der Waals surface area contributed by atoms with Crippen LogP contribution >= 0.6 is 11.8 Å². The number of hydrogen-bond donors (Lipinski definition) is 1. The van der Waals surface area contributed by atoms with E-state index in [0.717, 1.165) is 5.56 Å². The van der Waals surface area contributed by atoms with E-state index < -0.39 is 10.0 Å². The third-order valence-corrected chi connectivity index (χ3v) is 6.10. The molecule has 6 heteroatoms. The summed E-state index contributed by atoms with van der Waals surface area (Å²) in [6.07, 6.45) is -0.376. The van der Waals surface area contributed by atoms with Crippen LogP contribution in [0.15, 0.2) is 29.2 Å². The Hall–Kier alpha value is -0.560. The minimum Gasteiger partial charge on any atom is -0.392 e. The zero-order valence-corrected chi connectivity index (χ0v) is 13.3. The van der Waals surface area contributed by atoms with Gasteiger partial charge in [0.15, 0.2) is 0 Å². The van der Waals surface area contributed by atoms with Gasteiger partial charge in [-0.25, -0.2) is 12.7 Å². The number of sulfonamides is 1. The molecule has 1 N–H and O–H groups in total. The molecule has 0 amide bonds. The predicted octanol–water partition coefficient (Wildman–Crippen LogP) is 1.94. The lowest BCUT2D eigenvalue weighted by atomic mass is 10.2. The van der Waals surface area contributed by atoms with Crippen LogP contribution in [0.4, 0.5) is 0 Å². The summed E-state index contributed by atoms with van der Waals surface area (Å²) in [4.78, 5) is 0.306. The van der Waals surface area contributed by atoms with Crippen LogP contribution in [0.25, 0.3) is 0 Å². The Morgan fingerprint density at radius 1 is 1.32 bits per heavy atom. The lowest BCUT2D eigenvalue weighted by Gasteiger charge is -2.15. The minimum absolute atomic E-state index is 0.120. The standard InChI is InChI=1S/C13H21NO3S2/c1-10(15)11(2)18-9-12-6-5-7-13(8-12)19(16,17)14(3)4/h5-8,10-11,15H,9H2,1-4H3. The van der Waals surface area contributed by atoms with Crippen LogP contribution in [-0.2, 0) is 15.8 Å². The normalized spacial score (nSPS) is 15.5. The third kappa shape index (κ3) is 4.49. The van der Waals surface area contributed by atoms with Gasteiger partial charge in [0.05, 0.1) is 11.0 Å². The highest BCUT2D eigenvalue weighted by Gasteiger charge is 2.17. The summed E-state index contributed by atoms with van der Waals surface area (Å²) < 4.78 is 25.2. The maximum absolute atomic E-state index is 12.0. The van der Waals surface area contributed by atoms with Crippen LogP contribution in [-0.4, -0.2) is 43.3 Å². The predicted molar refractivity (Wildman–Crippen MR) is 79.8 cm³/mol. The second-order valence-corrected chi connectivity index (χ2v) is 8.21. The van der Waals surface area contributed by atoms with Crippen molar-refractivity contribution in [2.45, 2.75) is 35.8 Å². The van der Waals surface area contributed by atoms with Crippen LogP contribution in [0.1, 0.15) is 19.4 Å². The van der Waals surface area contributed by atoms with Crippen molar-refractivity contribution in [2.75, 3.05) is 14.1 Å². The summed E-state index contributed by atoms with van der Waals surface area (Å²) in [6.45, 7) is 3.71.